The molecule has 0 spiro atoms. The maximum atomic E-state index is 13.0. The standard InChI is InChI=1S/C20H24N2O4S/c1-4-27(25,26)22-12-11-21-20(24)17-8-6-5-7-16(17)19(23)18-13-14(2)9-10-15(18)3/h5-10,13,22H,4,11-12H2,1-3H3,(H,21,24). The second kappa shape index (κ2) is 8.92. The number of hydrogen-bond donors (Lipinski definition) is 2. The van der Waals surface area contributed by atoms with Crippen molar-refractivity contribution in [3.63, 3.8) is 0 Å². The molecule has 0 aliphatic rings. The van der Waals surface area contributed by atoms with Crippen molar-refractivity contribution < 1.29 is 18.0 Å². The van der Waals surface area contributed by atoms with E-state index in [1.807, 2.05) is 32.0 Å². The van der Waals surface area contributed by atoms with Gasteiger partial charge in [-0.25, -0.2) is 13.1 Å². The number of aryl methyl sites for hydroxylation is 2. The Morgan fingerprint density at radius 1 is 0.926 bits per heavy atom. The molecule has 27 heavy (non-hydrogen) atoms. The molecule has 2 aromatic rings. The van der Waals surface area contributed by atoms with Crippen LogP contribution in [0.4, 0.5) is 0 Å². The van der Waals surface area contributed by atoms with Crippen LogP contribution in [0.1, 0.15) is 44.3 Å². The topological polar surface area (TPSA) is 92.3 Å². The first kappa shape index (κ1) is 20.8. The predicted molar refractivity (Wildman–Crippen MR) is 106 cm³/mol. The number of rotatable bonds is 8. The fourth-order valence-electron chi connectivity index (χ4n) is 2.58. The van der Waals surface area contributed by atoms with Gasteiger partial charge in [0.2, 0.25) is 10.0 Å². The van der Waals surface area contributed by atoms with Crippen molar-refractivity contribution in [2.75, 3.05) is 18.8 Å². The molecule has 0 saturated carbocycles. The number of carbonyl (C=O) groups excluding carboxylic acids is 2. The Morgan fingerprint density at radius 2 is 1.59 bits per heavy atom. The van der Waals surface area contributed by atoms with Gasteiger partial charge in [0.05, 0.1) is 11.3 Å². The Hall–Kier alpha value is -2.51. The molecule has 7 heteroatoms. The summed E-state index contributed by atoms with van der Waals surface area (Å²) in [6.07, 6.45) is 0. The maximum absolute atomic E-state index is 13.0. The van der Waals surface area contributed by atoms with Crippen molar-refractivity contribution in [1.82, 2.24) is 10.0 Å². The Morgan fingerprint density at radius 3 is 2.26 bits per heavy atom. The molecule has 2 N–H and O–H groups in total. The Bertz CT molecular complexity index is 952. The number of benzene rings is 2. The number of sulfonamides is 1. The molecule has 0 aliphatic heterocycles. The highest BCUT2D eigenvalue weighted by atomic mass is 32.2. The number of carbonyl (C=O) groups is 2. The Balaban J connectivity index is 2.16. The third-order valence-corrected chi connectivity index (χ3v) is 5.57. The first-order valence-corrected chi connectivity index (χ1v) is 10.4. The second-order valence-corrected chi connectivity index (χ2v) is 8.34. The Kier molecular flexibility index (Phi) is 6.87. The fourth-order valence-corrected chi connectivity index (χ4v) is 3.20. The summed E-state index contributed by atoms with van der Waals surface area (Å²) in [5.41, 5.74) is 2.95. The van der Waals surface area contributed by atoms with E-state index in [2.05, 4.69) is 10.0 Å². The maximum Gasteiger partial charge on any atom is 0.252 e. The molecule has 2 aromatic carbocycles. The third kappa shape index (κ3) is 5.48. The predicted octanol–water partition coefficient (Wildman–Crippen LogP) is 2.20. The van der Waals surface area contributed by atoms with Gasteiger partial charge in [-0.2, -0.15) is 0 Å². The van der Waals surface area contributed by atoms with Crippen molar-refractivity contribution in [1.29, 1.82) is 0 Å². The van der Waals surface area contributed by atoms with Gasteiger partial charge in [-0.05, 0) is 38.5 Å². The zero-order chi connectivity index (χ0) is 20.0. The molecule has 1 amide bonds. The Labute approximate surface area is 160 Å². The molecule has 2 rings (SSSR count). The molecule has 0 aromatic heterocycles. The van der Waals surface area contributed by atoms with E-state index in [1.54, 1.807) is 24.3 Å². The van der Waals surface area contributed by atoms with Gasteiger partial charge in [-0.1, -0.05) is 35.9 Å². The van der Waals surface area contributed by atoms with Crippen molar-refractivity contribution in [2.24, 2.45) is 0 Å². The first-order chi connectivity index (χ1) is 12.7. The van der Waals surface area contributed by atoms with Crippen LogP contribution < -0.4 is 10.0 Å². The molecule has 0 radical (unpaired) electrons. The van der Waals surface area contributed by atoms with Crippen LogP contribution in [0.5, 0.6) is 0 Å². The van der Waals surface area contributed by atoms with E-state index in [9.17, 15) is 18.0 Å². The zero-order valence-electron chi connectivity index (χ0n) is 15.7. The molecule has 0 aliphatic carbocycles. The summed E-state index contributed by atoms with van der Waals surface area (Å²) in [7, 11) is -3.30. The van der Waals surface area contributed by atoms with E-state index in [4.69, 9.17) is 0 Å². The van der Waals surface area contributed by atoms with Crippen LogP contribution in [0.25, 0.3) is 0 Å². The van der Waals surface area contributed by atoms with Gasteiger partial charge in [-0.3, -0.25) is 9.59 Å². The smallest absolute Gasteiger partial charge is 0.252 e. The van der Waals surface area contributed by atoms with Gasteiger partial charge in [-0.15, -0.1) is 0 Å². The van der Waals surface area contributed by atoms with Gasteiger partial charge in [0.15, 0.2) is 5.78 Å². The van der Waals surface area contributed by atoms with E-state index in [0.29, 0.717) is 11.1 Å². The quantitative estimate of drug-likeness (QED) is 0.536. The number of ketones is 1. The largest absolute Gasteiger partial charge is 0.351 e. The number of hydrogen-bond acceptors (Lipinski definition) is 4. The van der Waals surface area contributed by atoms with Gasteiger partial charge < -0.3 is 5.32 Å². The molecule has 0 atom stereocenters. The lowest BCUT2D eigenvalue weighted by molar-refractivity contribution is 0.0942. The number of nitrogens with one attached hydrogen (secondary N) is 2. The zero-order valence-corrected chi connectivity index (χ0v) is 16.5. The summed E-state index contributed by atoms with van der Waals surface area (Å²) in [6, 6.07) is 12.2. The normalized spacial score (nSPS) is 11.2. The SMILES string of the molecule is CCS(=O)(=O)NCCNC(=O)c1ccccc1C(=O)c1cc(C)ccc1C. The third-order valence-electron chi connectivity index (χ3n) is 4.17. The van der Waals surface area contributed by atoms with Crippen LogP contribution >= 0.6 is 0 Å². The summed E-state index contributed by atoms with van der Waals surface area (Å²) in [5.74, 6) is -0.651. The molecule has 0 fully saturated rings. The molecule has 6 nitrogen and oxygen atoms in total. The van der Waals surface area contributed by atoms with E-state index in [1.165, 1.54) is 6.92 Å². The van der Waals surface area contributed by atoms with Gasteiger partial charge in [0, 0.05) is 24.2 Å². The van der Waals surface area contributed by atoms with Crippen LogP contribution in [0.15, 0.2) is 42.5 Å². The van der Waals surface area contributed by atoms with Gasteiger partial charge >= 0.3 is 0 Å². The van der Waals surface area contributed by atoms with Crippen molar-refractivity contribution in [3.05, 3.63) is 70.3 Å². The van der Waals surface area contributed by atoms with Crippen molar-refractivity contribution >= 4 is 21.7 Å². The van der Waals surface area contributed by atoms with Crippen LogP contribution in [0.3, 0.4) is 0 Å². The summed E-state index contributed by atoms with van der Waals surface area (Å²) in [4.78, 5) is 25.5. The lowest BCUT2D eigenvalue weighted by atomic mass is 9.94. The van der Waals surface area contributed by atoms with Crippen molar-refractivity contribution in [3.8, 4) is 0 Å². The highest BCUT2D eigenvalue weighted by Gasteiger charge is 2.19. The molecular formula is C20H24N2O4S. The minimum Gasteiger partial charge on any atom is -0.351 e. The lowest BCUT2D eigenvalue weighted by Gasteiger charge is -2.12. The van der Waals surface area contributed by atoms with E-state index < -0.39 is 15.9 Å². The van der Waals surface area contributed by atoms with E-state index >= 15 is 0 Å². The average Bonchev–Trinajstić information content (AvgIpc) is 2.66. The summed E-state index contributed by atoms with van der Waals surface area (Å²) in [6.45, 7) is 5.52. The molecule has 0 saturated heterocycles. The second-order valence-electron chi connectivity index (χ2n) is 6.25. The minimum absolute atomic E-state index is 0.0197. The van der Waals surface area contributed by atoms with Crippen LogP contribution in [-0.2, 0) is 10.0 Å². The monoisotopic (exact) mass is 388 g/mol. The van der Waals surface area contributed by atoms with Crippen LogP contribution in [-0.4, -0.2) is 39.0 Å². The van der Waals surface area contributed by atoms with E-state index in [-0.39, 0.29) is 30.2 Å². The molecular weight excluding hydrogens is 364 g/mol. The molecule has 144 valence electrons. The highest BCUT2D eigenvalue weighted by molar-refractivity contribution is 7.89. The molecule has 0 unspecified atom stereocenters. The summed E-state index contributed by atoms with van der Waals surface area (Å²) >= 11 is 0. The van der Waals surface area contributed by atoms with E-state index in [0.717, 1.165) is 11.1 Å². The van der Waals surface area contributed by atoms with Crippen LogP contribution in [0, 0.1) is 13.8 Å². The highest BCUT2D eigenvalue weighted by Crippen LogP contribution is 2.19. The fraction of sp³-hybridized carbons (Fsp3) is 0.300. The average molecular weight is 388 g/mol. The van der Waals surface area contributed by atoms with Gasteiger partial charge in [0.1, 0.15) is 0 Å². The molecule has 0 bridgehead atoms. The lowest BCUT2D eigenvalue weighted by Crippen LogP contribution is -2.35. The van der Waals surface area contributed by atoms with Gasteiger partial charge in [0.25, 0.3) is 5.91 Å². The summed E-state index contributed by atoms with van der Waals surface area (Å²) in [5, 5.41) is 2.65. The van der Waals surface area contributed by atoms with Crippen molar-refractivity contribution in [2.45, 2.75) is 20.8 Å². The van der Waals surface area contributed by atoms with Crippen LogP contribution in [0.2, 0.25) is 0 Å². The summed E-state index contributed by atoms with van der Waals surface area (Å²) < 4.78 is 25.2. The molecule has 0 heterocycles. The minimum atomic E-state index is -3.30. The first-order valence-electron chi connectivity index (χ1n) is 8.71. The number of amides is 1.